The molecule has 2 atom stereocenters. The Bertz CT molecular complexity index is 583. The van der Waals surface area contributed by atoms with E-state index in [1.807, 2.05) is 30.9 Å². The molecule has 6 heteroatoms. The Kier molecular flexibility index (Phi) is 5.62. The molecule has 24 heavy (non-hydrogen) atoms. The van der Waals surface area contributed by atoms with E-state index in [0.717, 1.165) is 5.56 Å². The molecule has 2 unspecified atom stereocenters. The Balaban J connectivity index is 1.96. The molecule has 3 N–H and O–H groups in total. The number of amides is 2. The van der Waals surface area contributed by atoms with Crippen molar-refractivity contribution in [1.29, 1.82) is 0 Å². The molecule has 0 saturated carbocycles. The zero-order valence-electron chi connectivity index (χ0n) is 14.8. The van der Waals surface area contributed by atoms with Gasteiger partial charge >= 0.3 is 0 Å². The van der Waals surface area contributed by atoms with Crippen molar-refractivity contribution in [2.45, 2.75) is 52.0 Å². The van der Waals surface area contributed by atoms with Crippen LogP contribution >= 0.6 is 0 Å². The van der Waals surface area contributed by atoms with Crippen molar-refractivity contribution in [3.63, 3.8) is 0 Å². The third-order valence-electron chi connectivity index (χ3n) is 3.95. The lowest BCUT2D eigenvalue weighted by Crippen LogP contribution is -2.48. The summed E-state index contributed by atoms with van der Waals surface area (Å²) in [6.45, 7) is 8.86. The number of hydrogen-bond acceptors (Lipinski definition) is 4. The molecule has 1 aliphatic heterocycles. The van der Waals surface area contributed by atoms with Crippen molar-refractivity contribution in [2.24, 2.45) is 5.73 Å². The summed E-state index contributed by atoms with van der Waals surface area (Å²) in [7, 11) is 0. The normalized spacial score (nSPS) is 21.5. The number of ether oxygens (including phenoxy) is 1. The topological polar surface area (TPSA) is 84.7 Å². The highest BCUT2D eigenvalue weighted by Gasteiger charge is 2.26. The second-order valence-corrected chi connectivity index (χ2v) is 7.07. The molecule has 2 rings (SSSR count). The molecule has 0 aromatic heterocycles. The number of morpholine rings is 1. The van der Waals surface area contributed by atoms with Gasteiger partial charge in [-0.1, -0.05) is 12.1 Å². The molecule has 6 nitrogen and oxygen atoms in total. The lowest BCUT2D eigenvalue weighted by Gasteiger charge is -2.35. The molecule has 0 aliphatic carbocycles. The maximum absolute atomic E-state index is 12.6. The van der Waals surface area contributed by atoms with Crippen LogP contribution < -0.4 is 11.1 Å². The van der Waals surface area contributed by atoms with Crippen LogP contribution in [0.2, 0.25) is 0 Å². The zero-order valence-corrected chi connectivity index (χ0v) is 14.8. The number of nitrogens with two attached hydrogens (primary N) is 1. The van der Waals surface area contributed by atoms with Crippen molar-refractivity contribution >= 4 is 11.8 Å². The number of hydrogen-bond donors (Lipinski definition) is 2. The first-order valence-corrected chi connectivity index (χ1v) is 8.27. The van der Waals surface area contributed by atoms with Gasteiger partial charge in [-0.15, -0.1) is 0 Å². The van der Waals surface area contributed by atoms with Crippen molar-refractivity contribution in [3.05, 3.63) is 35.4 Å². The minimum absolute atomic E-state index is 0.00989. The monoisotopic (exact) mass is 333 g/mol. The third-order valence-corrected chi connectivity index (χ3v) is 3.95. The lowest BCUT2D eigenvalue weighted by atomic mass is 10.1. The molecule has 1 aliphatic rings. The number of nitrogens with one attached hydrogen (secondary N) is 1. The minimum atomic E-state index is -0.903. The van der Waals surface area contributed by atoms with E-state index in [1.165, 1.54) is 0 Å². The fraction of sp³-hybridized carbons (Fsp3) is 0.556. The van der Waals surface area contributed by atoms with Crippen LogP contribution in [0.5, 0.6) is 0 Å². The summed E-state index contributed by atoms with van der Waals surface area (Å²) in [5.41, 5.74) is 6.40. The average Bonchev–Trinajstić information content (AvgIpc) is 2.50. The Labute approximate surface area is 143 Å². The standard InChI is InChI=1S/C18H27N3O3/c1-12-10-21(11-13(2)24-12)16(22)15-7-5-14(6-8-15)9-20-17(23)18(3,4)19/h5-8,12-13H,9-11,19H2,1-4H3,(H,20,23). The van der Waals surface area contributed by atoms with Gasteiger partial charge in [0.15, 0.2) is 0 Å². The van der Waals surface area contributed by atoms with Gasteiger partial charge in [-0.25, -0.2) is 0 Å². The molecule has 2 amide bonds. The van der Waals surface area contributed by atoms with Gasteiger partial charge in [0.05, 0.1) is 17.7 Å². The molecule has 1 aromatic carbocycles. The highest BCUT2D eigenvalue weighted by Crippen LogP contribution is 2.15. The smallest absolute Gasteiger partial charge is 0.254 e. The molecule has 1 heterocycles. The van der Waals surface area contributed by atoms with E-state index in [0.29, 0.717) is 25.2 Å². The number of rotatable bonds is 4. The first-order valence-electron chi connectivity index (χ1n) is 8.27. The van der Waals surface area contributed by atoms with Gasteiger partial charge in [0.1, 0.15) is 0 Å². The molecule has 1 saturated heterocycles. The number of nitrogens with zero attached hydrogens (tertiary/aromatic N) is 1. The Morgan fingerprint density at radius 2 is 1.75 bits per heavy atom. The maximum Gasteiger partial charge on any atom is 0.254 e. The van der Waals surface area contributed by atoms with Gasteiger partial charge in [-0.05, 0) is 45.4 Å². The van der Waals surface area contributed by atoms with Crippen LogP contribution in [-0.2, 0) is 16.1 Å². The Morgan fingerprint density at radius 3 is 2.25 bits per heavy atom. The maximum atomic E-state index is 12.6. The third kappa shape index (κ3) is 4.79. The van der Waals surface area contributed by atoms with E-state index in [2.05, 4.69) is 5.32 Å². The molecule has 0 spiro atoms. The van der Waals surface area contributed by atoms with Gasteiger partial charge < -0.3 is 20.7 Å². The first kappa shape index (κ1) is 18.4. The predicted octanol–water partition coefficient (Wildman–Crippen LogP) is 1.29. The molecule has 132 valence electrons. The average molecular weight is 333 g/mol. The van der Waals surface area contributed by atoms with E-state index >= 15 is 0 Å². The van der Waals surface area contributed by atoms with Crippen LogP contribution in [-0.4, -0.2) is 47.6 Å². The highest BCUT2D eigenvalue weighted by atomic mass is 16.5. The van der Waals surface area contributed by atoms with Gasteiger partial charge in [-0.3, -0.25) is 9.59 Å². The molecule has 0 bridgehead atoms. The van der Waals surface area contributed by atoms with Gasteiger partial charge in [0, 0.05) is 25.2 Å². The molecular formula is C18H27N3O3. The summed E-state index contributed by atoms with van der Waals surface area (Å²) >= 11 is 0. The predicted molar refractivity (Wildman–Crippen MR) is 92.5 cm³/mol. The van der Waals surface area contributed by atoms with Crippen LogP contribution in [0.3, 0.4) is 0 Å². The van der Waals surface area contributed by atoms with Crippen molar-refractivity contribution in [3.8, 4) is 0 Å². The van der Waals surface area contributed by atoms with Crippen LogP contribution in [0.15, 0.2) is 24.3 Å². The summed E-state index contributed by atoms with van der Waals surface area (Å²) in [5.74, 6) is -0.199. The van der Waals surface area contributed by atoms with Crippen molar-refractivity contribution < 1.29 is 14.3 Å². The van der Waals surface area contributed by atoms with E-state index < -0.39 is 5.54 Å². The van der Waals surface area contributed by atoms with Gasteiger partial charge in [0.25, 0.3) is 5.91 Å². The molecular weight excluding hydrogens is 306 g/mol. The second-order valence-electron chi connectivity index (χ2n) is 7.07. The second kappa shape index (κ2) is 7.32. The van der Waals surface area contributed by atoms with E-state index in [4.69, 9.17) is 10.5 Å². The fourth-order valence-electron chi connectivity index (χ4n) is 2.70. The minimum Gasteiger partial charge on any atom is -0.372 e. The van der Waals surface area contributed by atoms with Crippen molar-refractivity contribution in [1.82, 2.24) is 10.2 Å². The zero-order chi connectivity index (χ0) is 17.9. The number of carbonyl (C=O) groups excluding carboxylic acids is 2. The van der Waals surface area contributed by atoms with E-state index in [-0.39, 0.29) is 24.0 Å². The van der Waals surface area contributed by atoms with Gasteiger partial charge in [-0.2, -0.15) is 0 Å². The largest absolute Gasteiger partial charge is 0.372 e. The summed E-state index contributed by atoms with van der Waals surface area (Å²) in [5, 5.41) is 2.79. The summed E-state index contributed by atoms with van der Waals surface area (Å²) in [6, 6.07) is 7.29. The van der Waals surface area contributed by atoms with Crippen LogP contribution in [0.4, 0.5) is 0 Å². The molecule has 0 radical (unpaired) electrons. The van der Waals surface area contributed by atoms with Gasteiger partial charge in [0.2, 0.25) is 5.91 Å². The molecule has 1 aromatic rings. The summed E-state index contributed by atoms with van der Waals surface area (Å²) < 4.78 is 5.66. The summed E-state index contributed by atoms with van der Waals surface area (Å²) in [6.07, 6.45) is 0.0959. The lowest BCUT2D eigenvalue weighted by molar-refractivity contribution is -0.125. The highest BCUT2D eigenvalue weighted by molar-refractivity contribution is 5.94. The first-order chi connectivity index (χ1) is 11.2. The van der Waals surface area contributed by atoms with Crippen molar-refractivity contribution in [2.75, 3.05) is 13.1 Å². The SMILES string of the molecule is CC1CN(C(=O)c2ccc(CNC(=O)C(C)(C)N)cc2)CC(C)O1. The Hall–Kier alpha value is -1.92. The van der Waals surface area contributed by atoms with E-state index in [1.54, 1.807) is 26.0 Å². The Morgan fingerprint density at radius 1 is 1.21 bits per heavy atom. The number of benzene rings is 1. The summed E-state index contributed by atoms with van der Waals surface area (Å²) in [4.78, 5) is 26.2. The van der Waals surface area contributed by atoms with E-state index in [9.17, 15) is 9.59 Å². The van der Waals surface area contributed by atoms with Crippen LogP contribution in [0.25, 0.3) is 0 Å². The quantitative estimate of drug-likeness (QED) is 0.869. The number of carbonyl (C=O) groups is 2. The van der Waals surface area contributed by atoms with Crippen LogP contribution in [0.1, 0.15) is 43.6 Å². The van der Waals surface area contributed by atoms with Crippen LogP contribution in [0, 0.1) is 0 Å². The molecule has 1 fully saturated rings. The fourth-order valence-corrected chi connectivity index (χ4v) is 2.70.